The van der Waals surface area contributed by atoms with Gasteiger partial charge in [-0.25, -0.2) is 0 Å². The fourth-order valence-electron chi connectivity index (χ4n) is 1.18. The average molecular weight is 208 g/mol. The van der Waals surface area contributed by atoms with E-state index in [9.17, 15) is 0 Å². The second-order valence-corrected chi connectivity index (χ2v) is 3.91. The molecule has 84 valence electrons. The zero-order valence-electron chi connectivity index (χ0n) is 9.79. The molecule has 0 bridgehead atoms. The Kier molecular flexibility index (Phi) is 5.12. The molecule has 0 unspecified atom stereocenters. The fourth-order valence-corrected chi connectivity index (χ4v) is 1.18. The standard InChI is InChI=1S/C12H20N2O/c1-4-5-15-12-6-11(7-13-9-12)8-14-10(2)3/h6-7,9-10,14H,4-5,8H2,1-3H3. The number of rotatable bonds is 6. The lowest BCUT2D eigenvalue weighted by atomic mass is 10.2. The van der Waals surface area contributed by atoms with Crippen LogP contribution in [0.3, 0.4) is 0 Å². The molecule has 1 heterocycles. The van der Waals surface area contributed by atoms with Gasteiger partial charge in [-0.2, -0.15) is 0 Å². The molecule has 0 aromatic carbocycles. The normalized spacial score (nSPS) is 10.7. The summed E-state index contributed by atoms with van der Waals surface area (Å²) in [6, 6.07) is 2.53. The van der Waals surface area contributed by atoms with Crippen LogP contribution in [-0.4, -0.2) is 17.6 Å². The van der Waals surface area contributed by atoms with Gasteiger partial charge >= 0.3 is 0 Å². The Morgan fingerprint density at radius 3 is 2.87 bits per heavy atom. The molecule has 0 radical (unpaired) electrons. The van der Waals surface area contributed by atoms with E-state index in [0.717, 1.165) is 30.9 Å². The Morgan fingerprint density at radius 2 is 2.20 bits per heavy atom. The third-order valence-electron chi connectivity index (χ3n) is 1.96. The first kappa shape index (κ1) is 12.0. The molecule has 0 saturated carbocycles. The molecule has 0 spiro atoms. The Bertz CT molecular complexity index is 287. The van der Waals surface area contributed by atoms with Gasteiger partial charge in [-0.15, -0.1) is 0 Å². The van der Waals surface area contributed by atoms with Crippen molar-refractivity contribution in [3.05, 3.63) is 24.0 Å². The highest BCUT2D eigenvalue weighted by molar-refractivity contribution is 5.23. The van der Waals surface area contributed by atoms with Crippen LogP contribution in [-0.2, 0) is 6.54 Å². The second-order valence-electron chi connectivity index (χ2n) is 3.91. The maximum absolute atomic E-state index is 5.51. The van der Waals surface area contributed by atoms with Crippen LogP contribution in [0.4, 0.5) is 0 Å². The molecule has 0 aliphatic rings. The largest absolute Gasteiger partial charge is 0.492 e. The number of aromatic nitrogens is 1. The van der Waals surface area contributed by atoms with Gasteiger partial charge in [0.25, 0.3) is 0 Å². The number of pyridine rings is 1. The van der Waals surface area contributed by atoms with Gasteiger partial charge in [0.1, 0.15) is 5.75 Å². The predicted molar refractivity (Wildman–Crippen MR) is 62.0 cm³/mol. The van der Waals surface area contributed by atoms with Crippen molar-refractivity contribution in [2.45, 2.75) is 39.8 Å². The first-order valence-corrected chi connectivity index (χ1v) is 5.52. The van der Waals surface area contributed by atoms with E-state index in [-0.39, 0.29) is 0 Å². The molecule has 1 rings (SSSR count). The molecule has 1 aromatic heterocycles. The minimum absolute atomic E-state index is 0.491. The Hall–Kier alpha value is -1.09. The molecule has 1 N–H and O–H groups in total. The van der Waals surface area contributed by atoms with E-state index in [1.165, 1.54) is 0 Å². The van der Waals surface area contributed by atoms with Crippen molar-refractivity contribution < 1.29 is 4.74 Å². The van der Waals surface area contributed by atoms with E-state index >= 15 is 0 Å². The van der Waals surface area contributed by atoms with Crippen molar-refractivity contribution in [2.75, 3.05) is 6.61 Å². The summed E-state index contributed by atoms with van der Waals surface area (Å²) in [4.78, 5) is 4.15. The lowest BCUT2D eigenvalue weighted by Crippen LogP contribution is -2.21. The van der Waals surface area contributed by atoms with Crippen molar-refractivity contribution in [3.8, 4) is 5.75 Å². The SMILES string of the molecule is CCCOc1cncc(CNC(C)C)c1. The molecule has 0 atom stereocenters. The zero-order valence-corrected chi connectivity index (χ0v) is 9.79. The number of hydrogen-bond acceptors (Lipinski definition) is 3. The van der Waals surface area contributed by atoms with Crippen LogP contribution in [0.1, 0.15) is 32.8 Å². The van der Waals surface area contributed by atoms with Crippen molar-refractivity contribution in [1.82, 2.24) is 10.3 Å². The molecule has 3 heteroatoms. The van der Waals surface area contributed by atoms with Crippen molar-refractivity contribution in [1.29, 1.82) is 0 Å². The Morgan fingerprint density at radius 1 is 1.40 bits per heavy atom. The highest BCUT2D eigenvalue weighted by Crippen LogP contribution is 2.11. The van der Waals surface area contributed by atoms with Crippen LogP contribution < -0.4 is 10.1 Å². The summed E-state index contributed by atoms with van der Waals surface area (Å²) in [5.74, 6) is 0.861. The minimum Gasteiger partial charge on any atom is -0.492 e. The van der Waals surface area contributed by atoms with Gasteiger partial charge in [0.2, 0.25) is 0 Å². The van der Waals surface area contributed by atoms with Crippen LogP contribution in [0, 0.1) is 0 Å². The third kappa shape index (κ3) is 4.79. The topological polar surface area (TPSA) is 34.1 Å². The smallest absolute Gasteiger partial charge is 0.137 e. The van der Waals surface area contributed by atoms with Crippen LogP contribution in [0.2, 0.25) is 0 Å². The van der Waals surface area contributed by atoms with E-state index in [1.54, 1.807) is 6.20 Å². The molecule has 0 amide bonds. The second kappa shape index (κ2) is 6.40. The highest BCUT2D eigenvalue weighted by atomic mass is 16.5. The summed E-state index contributed by atoms with van der Waals surface area (Å²) >= 11 is 0. The minimum atomic E-state index is 0.491. The van der Waals surface area contributed by atoms with E-state index in [4.69, 9.17) is 4.74 Å². The van der Waals surface area contributed by atoms with Crippen LogP contribution >= 0.6 is 0 Å². The van der Waals surface area contributed by atoms with Crippen LogP contribution in [0.25, 0.3) is 0 Å². The number of hydrogen-bond donors (Lipinski definition) is 1. The Labute approximate surface area is 91.9 Å². The highest BCUT2D eigenvalue weighted by Gasteiger charge is 1.98. The maximum atomic E-state index is 5.51. The molecule has 15 heavy (non-hydrogen) atoms. The summed E-state index contributed by atoms with van der Waals surface area (Å²) in [5.41, 5.74) is 1.16. The van der Waals surface area contributed by atoms with Crippen LogP contribution in [0.5, 0.6) is 5.75 Å². The first-order chi connectivity index (χ1) is 7.22. The molecule has 1 aromatic rings. The molecule has 0 fully saturated rings. The summed E-state index contributed by atoms with van der Waals surface area (Å²) in [6.45, 7) is 7.95. The quantitative estimate of drug-likeness (QED) is 0.779. The van der Waals surface area contributed by atoms with Gasteiger partial charge in [-0.1, -0.05) is 20.8 Å². The fraction of sp³-hybridized carbons (Fsp3) is 0.583. The van der Waals surface area contributed by atoms with Gasteiger partial charge in [-0.3, -0.25) is 4.98 Å². The number of nitrogens with zero attached hydrogens (tertiary/aromatic N) is 1. The molecule has 0 aliphatic heterocycles. The van der Waals surface area contributed by atoms with Gasteiger partial charge in [0.05, 0.1) is 12.8 Å². The zero-order chi connectivity index (χ0) is 11.1. The summed E-state index contributed by atoms with van der Waals surface area (Å²) in [7, 11) is 0. The number of ether oxygens (including phenoxy) is 1. The van der Waals surface area contributed by atoms with Gasteiger partial charge in [0, 0.05) is 18.8 Å². The monoisotopic (exact) mass is 208 g/mol. The van der Waals surface area contributed by atoms with E-state index < -0.39 is 0 Å². The van der Waals surface area contributed by atoms with Gasteiger partial charge in [-0.05, 0) is 18.1 Å². The lowest BCUT2D eigenvalue weighted by Gasteiger charge is -2.09. The molecule has 0 saturated heterocycles. The van der Waals surface area contributed by atoms with E-state index in [2.05, 4.69) is 31.1 Å². The first-order valence-electron chi connectivity index (χ1n) is 5.52. The van der Waals surface area contributed by atoms with Crippen molar-refractivity contribution in [3.63, 3.8) is 0 Å². The number of nitrogens with one attached hydrogen (secondary N) is 1. The van der Waals surface area contributed by atoms with E-state index in [1.807, 2.05) is 12.3 Å². The van der Waals surface area contributed by atoms with Crippen LogP contribution in [0.15, 0.2) is 18.5 Å². The maximum Gasteiger partial charge on any atom is 0.137 e. The van der Waals surface area contributed by atoms with E-state index in [0.29, 0.717) is 6.04 Å². The molecule has 0 aliphatic carbocycles. The van der Waals surface area contributed by atoms with Crippen molar-refractivity contribution in [2.24, 2.45) is 0 Å². The average Bonchev–Trinajstić information content (AvgIpc) is 2.24. The predicted octanol–water partition coefficient (Wildman–Crippen LogP) is 2.37. The molecule has 3 nitrogen and oxygen atoms in total. The molecular formula is C12H20N2O. The van der Waals surface area contributed by atoms with Crippen molar-refractivity contribution >= 4 is 0 Å². The van der Waals surface area contributed by atoms with Gasteiger partial charge in [0.15, 0.2) is 0 Å². The van der Waals surface area contributed by atoms with Gasteiger partial charge < -0.3 is 10.1 Å². The molecular weight excluding hydrogens is 188 g/mol. The summed E-state index contributed by atoms with van der Waals surface area (Å²) in [5, 5.41) is 3.35. The lowest BCUT2D eigenvalue weighted by molar-refractivity contribution is 0.315. The summed E-state index contributed by atoms with van der Waals surface area (Å²) < 4.78 is 5.51. The Balaban J connectivity index is 2.50. The third-order valence-corrected chi connectivity index (χ3v) is 1.96. The summed E-state index contributed by atoms with van der Waals surface area (Å²) in [6.07, 6.45) is 4.65.